The Morgan fingerprint density at radius 1 is 0.450 bits per heavy atom. The fourth-order valence-electron chi connectivity index (χ4n) is 11.1. The summed E-state index contributed by atoms with van der Waals surface area (Å²) < 4.78 is 0. The first-order valence-electron chi connectivity index (χ1n) is 36.0. The highest BCUT2D eigenvalue weighted by atomic mass is 16.4. The van der Waals surface area contributed by atoms with E-state index < -0.39 is 163 Å². The number of nitrogens with two attached hydrogens (primary N) is 6. The van der Waals surface area contributed by atoms with Gasteiger partial charge in [0.05, 0.1) is 25.6 Å². The quantitative estimate of drug-likeness (QED) is 0.0112. The third kappa shape index (κ3) is 32.8. The summed E-state index contributed by atoms with van der Waals surface area (Å²) in [5.74, 6) is -13.1. The number of phenols is 1. The van der Waals surface area contributed by atoms with E-state index in [2.05, 4.69) is 78.4 Å². The number of carboxylic acid groups (broad SMARTS) is 1. The van der Waals surface area contributed by atoms with Crippen LogP contribution in [0.25, 0.3) is 0 Å². The van der Waals surface area contributed by atoms with Gasteiger partial charge in [0.15, 0.2) is 11.9 Å². The third-order valence-corrected chi connectivity index (χ3v) is 17.3. The number of guanidine groups is 2. The first kappa shape index (κ1) is 90.1. The number of carbonyl (C=O) groups excluding carboxylic acids is 11. The largest absolute Gasteiger partial charge is 0.508 e. The van der Waals surface area contributed by atoms with Crippen molar-refractivity contribution in [1.29, 1.82) is 0 Å². The van der Waals surface area contributed by atoms with Gasteiger partial charge in [-0.25, -0.2) is 9.78 Å². The van der Waals surface area contributed by atoms with Gasteiger partial charge in [0.1, 0.15) is 72.2 Å². The van der Waals surface area contributed by atoms with Crippen molar-refractivity contribution < 1.29 is 78.0 Å². The number of imidazole rings is 1. The fraction of sp³-hybridized carbons (Fsp3) is 0.514. The van der Waals surface area contributed by atoms with Crippen molar-refractivity contribution in [2.45, 2.75) is 191 Å². The maximum Gasteiger partial charge on any atom is 0.328 e. The zero-order valence-electron chi connectivity index (χ0n) is 62.0. The number of amides is 11. The second-order valence-corrected chi connectivity index (χ2v) is 26.8. The molecule has 1 heterocycles. The Bertz CT molecular complexity index is 3640. The minimum atomic E-state index is -1.83. The predicted molar refractivity (Wildman–Crippen MR) is 403 cm³/mol. The number of rotatable bonds is 49. The van der Waals surface area contributed by atoms with E-state index in [0.29, 0.717) is 35.2 Å². The molecule has 3 aromatic carbocycles. The minimum Gasteiger partial charge on any atom is -0.508 e. The Morgan fingerprint density at radius 2 is 0.817 bits per heavy atom. The van der Waals surface area contributed by atoms with Crippen LogP contribution < -0.4 is 92.9 Å². The summed E-state index contributed by atoms with van der Waals surface area (Å²) in [6.45, 7) is 6.36. The number of aliphatic hydroxyl groups is 2. The average Bonchev–Trinajstić information content (AvgIpc) is 1.33. The van der Waals surface area contributed by atoms with E-state index in [1.54, 1.807) is 88.4 Å². The predicted octanol–water partition coefficient (Wildman–Crippen LogP) is -4.54. The number of hydrogen-bond donors (Lipinski definition) is 22. The van der Waals surface area contributed by atoms with Gasteiger partial charge in [-0.3, -0.25) is 62.7 Å². The van der Waals surface area contributed by atoms with Crippen LogP contribution in [0.15, 0.2) is 107 Å². The number of aromatic amines is 1. The lowest BCUT2D eigenvalue weighted by Gasteiger charge is -2.30. The summed E-state index contributed by atoms with van der Waals surface area (Å²) in [5, 5.41) is 68.8. The molecule has 109 heavy (non-hydrogen) atoms. The zero-order chi connectivity index (χ0) is 80.7. The summed E-state index contributed by atoms with van der Waals surface area (Å²) >= 11 is 0. The van der Waals surface area contributed by atoms with Crippen LogP contribution >= 0.6 is 0 Å². The molecule has 0 saturated heterocycles. The number of benzene rings is 3. The molecule has 0 aliphatic rings. The molecule has 11 amide bonds. The molecule has 13 atom stereocenters. The van der Waals surface area contributed by atoms with E-state index in [4.69, 9.17) is 34.4 Å². The Balaban J connectivity index is 1.65. The van der Waals surface area contributed by atoms with Gasteiger partial charge < -0.3 is 118 Å². The van der Waals surface area contributed by atoms with Crippen molar-refractivity contribution in [3.63, 3.8) is 0 Å². The molecule has 4 rings (SSSR count). The number of nitrogens with zero attached hydrogens (tertiary/aromatic N) is 3. The number of aromatic hydroxyl groups is 1. The molecule has 0 unspecified atom stereocenters. The second kappa shape index (κ2) is 47.4. The number of carboxylic acids is 1. The van der Waals surface area contributed by atoms with Gasteiger partial charge in [0, 0.05) is 50.7 Å². The van der Waals surface area contributed by atoms with Gasteiger partial charge in [0.2, 0.25) is 65.0 Å². The molecule has 598 valence electrons. The highest BCUT2D eigenvalue weighted by molar-refractivity contribution is 6.00. The molecule has 1 aromatic heterocycles. The molecule has 0 radical (unpaired) electrons. The lowest BCUT2D eigenvalue weighted by molar-refractivity contribution is -0.143. The van der Waals surface area contributed by atoms with Crippen LogP contribution in [-0.4, -0.2) is 219 Å². The van der Waals surface area contributed by atoms with Crippen molar-refractivity contribution >= 4 is 82.9 Å². The van der Waals surface area contributed by atoms with E-state index in [-0.39, 0.29) is 114 Å². The maximum absolute atomic E-state index is 14.8. The average molecular weight is 1520 g/mol. The van der Waals surface area contributed by atoms with Crippen LogP contribution in [0.4, 0.5) is 0 Å². The molecule has 0 aliphatic carbocycles. The van der Waals surface area contributed by atoms with Crippen LogP contribution in [0.5, 0.6) is 5.75 Å². The highest BCUT2D eigenvalue weighted by Crippen LogP contribution is 2.17. The Morgan fingerprint density at radius 3 is 1.21 bits per heavy atom. The first-order valence-corrected chi connectivity index (χ1v) is 36.0. The van der Waals surface area contributed by atoms with Gasteiger partial charge in [-0.15, -0.1) is 0 Å². The molecule has 28 N–H and O–H groups in total. The van der Waals surface area contributed by atoms with E-state index in [0.717, 1.165) is 0 Å². The van der Waals surface area contributed by atoms with Crippen molar-refractivity contribution in [3.8, 4) is 5.75 Å². The van der Waals surface area contributed by atoms with Crippen LogP contribution in [0.2, 0.25) is 0 Å². The first-order chi connectivity index (χ1) is 51.9. The second-order valence-electron chi connectivity index (χ2n) is 26.8. The Kier molecular flexibility index (Phi) is 39.2. The van der Waals surface area contributed by atoms with E-state index in [1.165, 1.54) is 43.7 Å². The summed E-state index contributed by atoms with van der Waals surface area (Å²) in [5.41, 5.74) is 36.2. The number of phenolic OH excluding ortho intramolecular Hbond substituents is 1. The number of H-pyrrole nitrogens is 1. The van der Waals surface area contributed by atoms with Crippen LogP contribution in [0.3, 0.4) is 0 Å². The van der Waals surface area contributed by atoms with Crippen molar-refractivity contribution in [1.82, 2.24) is 68.5 Å². The van der Waals surface area contributed by atoms with E-state index in [1.807, 2.05) is 0 Å². The topological polar surface area (TPSA) is 628 Å². The van der Waals surface area contributed by atoms with Crippen molar-refractivity contribution in [3.05, 3.63) is 120 Å². The molecule has 37 nitrogen and oxygen atoms in total. The summed E-state index contributed by atoms with van der Waals surface area (Å²) in [6.07, 6.45) is 2.38. The molecule has 0 aliphatic heterocycles. The molecule has 0 fully saturated rings. The molecule has 4 aromatic rings. The SMILES string of the molecule is CC[C@H](C)[C@H](NC(=O)[C@H](CC(C)C)NC(=O)[C@H](CCCN=C(N)N)NC(=O)[C@H](CCCN=C(N)N)NC(=O)[C@H](CCCCN)NC(=O)[C@H](CO)NC(=O)[C@H](Cc1cnc[nH]1)NC(=O)[C@H](Cc1ccc(O)cc1)NC(=O)[C@H](Cc1ccccc1)NC(=O)[C@H](C)N)C(=O)N[C@@H](Cc1ccccc1)C(=O)N[C@@H](CO)C(=O)O. The molecular weight excluding hydrogens is 1410 g/mol. The zero-order valence-corrected chi connectivity index (χ0v) is 62.0. The molecule has 0 saturated carbocycles. The highest BCUT2D eigenvalue weighted by Gasteiger charge is 2.38. The molecular formula is C72H109N21O16. The van der Waals surface area contributed by atoms with Crippen molar-refractivity contribution in [2.24, 2.45) is 56.2 Å². The number of nitrogens with one attached hydrogen (secondary N) is 12. The van der Waals surface area contributed by atoms with Gasteiger partial charge in [-0.2, -0.15) is 0 Å². The van der Waals surface area contributed by atoms with Gasteiger partial charge in [-0.05, 0) is 105 Å². The molecule has 0 bridgehead atoms. The molecule has 0 spiro atoms. The van der Waals surface area contributed by atoms with Crippen LogP contribution in [0, 0.1) is 11.8 Å². The normalized spacial score (nSPS) is 14.7. The standard InChI is InChI=1S/C72H109N21O16/c1-6-41(4)58(69(107)90-54(33-44-19-11-8-12-20-44)65(103)92-57(38-95)70(108)109)93-67(105)51(31-40(2)3)87-62(100)50(23-16-30-81-72(77)78)84-61(99)49(22-15-29-80-71(75)76)83-60(98)48(21-13-14-28-73)85-68(106)56(37-94)91-66(104)55(35-46-36-79-39-82-46)89-64(102)53(34-45-24-26-47(96)27-25-45)88-63(101)52(86-59(97)42(5)74)32-43-17-9-7-10-18-43/h7-12,17-20,24-27,36,39-42,48-58,94-96H,6,13-16,21-23,28-35,37-38,73-74H2,1-5H3,(H,79,82)(H,83,98)(H,84,99)(H,85,106)(H,86,97)(H,87,100)(H,88,101)(H,89,102)(H,90,107)(H,91,104)(H,92,103)(H,93,105)(H,108,109)(H4,75,76,80)(H4,77,78,81)/t41-,42-,48-,49-,50-,51-,52-,53-,54-,55-,56-,57-,58-/m0/s1. The molecule has 37 heteroatoms. The van der Waals surface area contributed by atoms with Gasteiger partial charge in [0.25, 0.3) is 0 Å². The smallest absolute Gasteiger partial charge is 0.328 e. The number of aliphatic hydroxyl groups excluding tert-OH is 2. The lowest BCUT2D eigenvalue weighted by Crippen LogP contribution is -2.62. The summed E-state index contributed by atoms with van der Waals surface area (Å²) in [7, 11) is 0. The number of aliphatic imine (C=N–C) groups is 2. The maximum atomic E-state index is 14.8. The van der Waals surface area contributed by atoms with Crippen molar-refractivity contribution in [2.75, 3.05) is 32.8 Å². The minimum absolute atomic E-state index is 0.0243. The summed E-state index contributed by atoms with van der Waals surface area (Å²) in [6, 6.07) is 5.25. The lowest BCUT2D eigenvalue weighted by atomic mass is 9.95. The number of hydrogen-bond acceptors (Lipinski definition) is 20. The Hall–Kier alpha value is -11.3. The monoisotopic (exact) mass is 1520 g/mol. The Labute approximate surface area is 632 Å². The third-order valence-electron chi connectivity index (χ3n) is 17.3. The number of carbonyl (C=O) groups is 12. The van der Waals surface area contributed by atoms with Gasteiger partial charge >= 0.3 is 5.97 Å². The van der Waals surface area contributed by atoms with E-state index >= 15 is 0 Å². The number of unbranched alkanes of at least 4 members (excludes halogenated alkanes) is 1. The summed E-state index contributed by atoms with van der Waals surface area (Å²) in [4.78, 5) is 184. The number of aliphatic carboxylic acids is 1. The van der Waals surface area contributed by atoms with Crippen LogP contribution in [-0.2, 0) is 83.2 Å². The fourth-order valence-corrected chi connectivity index (χ4v) is 11.1. The van der Waals surface area contributed by atoms with Gasteiger partial charge in [-0.1, -0.05) is 107 Å². The number of aromatic nitrogens is 2. The van der Waals surface area contributed by atoms with E-state index in [9.17, 15) is 78.0 Å². The van der Waals surface area contributed by atoms with Crippen LogP contribution in [0.1, 0.15) is 115 Å².